The zero-order chi connectivity index (χ0) is 14.8. The van der Waals surface area contributed by atoms with Crippen LogP contribution in [0.5, 0.6) is 0 Å². The number of benzene rings is 1. The highest BCUT2D eigenvalue weighted by Crippen LogP contribution is 2.39. The molecule has 0 unspecified atom stereocenters. The van der Waals surface area contributed by atoms with Crippen LogP contribution in [0.2, 0.25) is 0 Å². The number of carbonyl (C=O) groups is 1. The Morgan fingerprint density at radius 3 is 2.81 bits per heavy atom. The van der Waals surface area contributed by atoms with Crippen LogP contribution in [-0.2, 0) is 0 Å². The van der Waals surface area contributed by atoms with Gasteiger partial charge in [0, 0.05) is 27.8 Å². The standard InChI is InChI=1S/C16H18N2OS2/c1-18(2)9-5-8-17-16(19)14-10-13-15(21-14)11-6-3-4-7-12(11)20-13/h3-4,6-7,10H,5,8-9H2,1-2H3,(H,17,19)/p+1. The van der Waals surface area contributed by atoms with E-state index < -0.39 is 0 Å². The van der Waals surface area contributed by atoms with Gasteiger partial charge in [0.15, 0.2) is 0 Å². The van der Waals surface area contributed by atoms with Gasteiger partial charge in [0.05, 0.1) is 30.2 Å². The molecule has 3 nitrogen and oxygen atoms in total. The summed E-state index contributed by atoms with van der Waals surface area (Å²) in [5.41, 5.74) is 0. The Kier molecular flexibility index (Phi) is 4.24. The van der Waals surface area contributed by atoms with Gasteiger partial charge < -0.3 is 10.2 Å². The van der Waals surface area contributed by atoms with Crippen LogP contribution in [0.3, 0.4) is 0 Å². The van der Waals surface area contributed by atoms with Crippen molar-refractivity contribution >= 4 is 48.1 Å². The maximum atomic E-state index is 12.2. The summed E-state index contributed by atoms with van der Waals surface area (Å²) in [5, 5.41) is 4.28. The van der Waals surface area contributed by atoms with Gasteiger partial charge in [-0.2, -0.15) is 0 Å². The van der Waals surface area contributed by atoms with Crippen molar-refractivity contribution < 1.29 is 9.69 Å². The van der Waals surface area contributed by atoms with E-state index in [1.165, 1.54) is 24.4 Å². The maximum absolute atomic E-state index is 12.2. The van der Waals surface area contributed by atoms with E-state index in [-0.39, 0.29) is 5.91 Å². The molecule has 1 amide bonds. The predicted molar refractivity (Wildman–Crippen MR) is 91.8 cm³/mol. The van der Waals surface area contributed by atoms with Crippen molar-refractivity contribution in [1.29, 1.82) is 0 Å². The molecule has 0 bridgehead atoms. The molecule has 0 atom stereocenters. The predicted octanol–water partition coefficient (Wildman–Crippen LogP) is 2.38. The molecule has 0 aliphatic heterocycles. The fourth-order valence-corrected chi connectivity index (χ4v) is 4.78. The normalized spacial score (nSPS) is 11.6. The van der Waals surface area contributed by atoms with E-state index in [1.54, 1.807) is 22.7 Å². The second kappa shape index (κ2) is 6.13. The van der Waals surface area contributed by atoms with Gasteiger partial charge in [-0.05, 0) is 12.1 Å². The summed E-state index contributed by atoms with van der Waals surface area (Å²) >= 11 is 3.36. The Labute approximate surface area is 132 Å². The molecule has 3 rings (SSSR count). The molecule has 0 saturated heterocycles. The summed E-state index contributed by atoms with van der Waals surface area (Å²) in [6, 6.07) is 10.4. The Bertz CT molecular complexity index is 773. The molecule has 0 saturated carbocycles. The molecule has 1 aromatic carbocycles. The highest BCUT2D eigenvalue weighted by molar-refractivity contribution is 7.33. The van der Waals surface area contributed by atoms with Crippen LogP contribution < -0.4 is 10.2 Å². The molecule has 0 radical (unpaired) electrons. The summed E-state index contributed by atoms with van der Waals surface area (Å²) in [5.74, 6) is 0.0567. The smallest absolute Gasteiger partial charge is 0.261 e. The monoisotopic (exact) mass is 319 g/mol. The number of hydrogen-bond donors (Lipinski definition) is 2. The maximum Gasteiger partial charge on any atom is 0.261 e. The lowest BCUT2D eigenvalue weighted by Crippen LogP contribution is -3.05. The van der Waals surface area contributed by atoms with E-state index in [2.05, 4.69) is 43.7 Å². The number of amides is 1. The van der Waals surface area contributed by atoms with Crippen LogP contribution in [0.4, 0.5) is 0 Å². The topological polar surface area (TPSA) is 33.5 Å². The molecular formula is C16H19N2OS2+. The van der Waals surface area contributed by atoms with E-state index in [4.69, 9.17) is 0 Å². The SMILES string of the molecule is C[NH+](C)CCCNC(=O)c1cc2sc3ccccc3c2s1. The Balaban J connectivity index is 1.73. The minimum atomic E-state index is 0.0567. The first kappa shape index (κ1) is 14.5. The van der Waals surface area contributed by atoms with Crippen molar-refractivity contribution in [2.45, 2.75) is 6.42 Å². The highest BCUT2D eigenvalue weighted by atomic mass is 32.1. The summed E-state index contributed by atoms with van der Waals surface area (Å²) < 4.78 is 3.74. The van der Waals surface area contributed by atoms with Gasteiger partial charge in [-0.25, -0.2) is 0 Å². The Morgan fingerprint density at radius 1 is 1.19 bits per heavy atom. The molecule has 5 heteroatoms. The minimum Gasteiger partial charge on any atom is -0.351 e. The van der Waals surface area contributed by atoms with Crippen molar-refractivity contribution in [2.75, 3.05) is 27.2 Å². The summed E-state index contributed by atoms with van der Waals surface area (Å²) in [4.78, 5) is 14.4. The third-order valence-corrected chi connectivity index (χ3v) is 5.83. The molecule has 2 aromatic heterocycles. The number of thiophene rings is 2. The molecule has 110 valence electrons. The second-order valence-corrected chi connectivity index (χ2v) is 7.60. The van der Waals surface area contributed by atoms with E-state index in [0.29, 0.717) is 0 Å². The third-order valence-electron chi connectivity index (χ3n) is 3.41. The van der Waals surface area contributed by atoms with E-state index in [0.717, 1.165) is 24.4 Å². The van der Waals surface area contributed by atoms with Crippen LogP contribution >= 0.6 is 22.7 Å². The molecule has 0 spiro atoms. The van der Waals surface area contributed by atoms with Gasteiger partial charge in [0.2, 0.25) is 0 Å². The molecule has 2 heterocycles. The van der Waals surface area contributed by atoms with Crippen molar-refractivity contribution in [2.24, 2.45) is 0 Å². The second-order valence-electron chi connectivity index (χ2n) is 5.47. The summed E-state index contributed by atoms with van der Waals surface area (Å²) in [6.45, 7) is 1.82. The van der Waals surface area contributed by atoms with Crippen LogP contribution in [0.15, 0.2) is 30.3 Å². The molecule has 2 N–H and O–H groups in total. The fraction of sp³-hybridized carbons (Fsp3) is 0.312. The van der Waals surface area contributed by atoms with Gasteiger partial charge in [0.1, 0.15) is 0 Å². The van der Waals surface area contributed by atoms with Gasteiger partial charge >= 0.3 is 0 Å². The first-order valence-electron chi connectivity index (χ1n) is 7.13. The molecular weight excluding hydrogens is 300 g/mol. The average molecular weight is 319 g/mol. The molecule has 0 fully saturated rings. The number of carbonyl (C=O) groups excluding carboxylic acids is 1. The van der Waals surface area contributed by atoms with Gasteiger partial charge in [0.25, 0.3) is 5.91 Å². The van der Waals surface area contributed by atoms with Gasteiger partial charge in [-0.15, -0.1) is 22.7 Å². The van der Waals surface area contributed by atoms with Crippen LogP contribution in [0.1, 0.15) is 16.1 Å². The van der Waals surface area contributed by atoms with Crippen LogP contribution in [0.25, 0.3) is 19.5 Å². The molecule has 3 aromatic rings. The molecule has 0 aliphatic rings. The average Bonchev–Trinajstić information content (AvgIpc) is 3.00. The lowest BCUT2D eigenvalue weighted by Gasteiger charge is -2.07. The Morgan fingerprint density at radius 2 is 2.00 bits per heavy atom. The number of quaternary nitrogens is 1. The van der Waals surface area contributed by atoms with E-state index >= 15 is 0 Å². The van der Waals surface area contributed by atoms with Crippen LogP contribution in [0, 0.1) is 0 Å². The number of hydrogen-bond acceptors (Lipinski definition) is 3. The lowest BCUT2D eigenvalue weighted by atomic mass is 10.2. The van der Waals surface area contributed by atoms with Crippen molar-refractivity contribution in [1.82, 2.24) is 5.32 Å². The van der Waals surface area contributed by atoms with Crippen molar-refractivity contribution in [3.8, 4) is 0 Å². The lowest BCUT2D eigenvalue weighted by molar-refractivity contribution is -0.858. The number of nitrogens with one attached hydrogen (secondary N) is 2. The van der Waals surface area contributed by atoms with Crippen molar-refractivity contribution in [3.63, 3.8) is 0 Å². The first-order valence-corrected chi connectivity index (χ1v) is 8.77. The van der Waals surface area contributed by atoms with Gasteiger partial charge in [-0.3, -0.25) is 4.79 Å². The zero-order valence-electron chi connectivity index (χ0n) is 12.2. The van der Waals surface area contributed by atoms with Crippen molar-refractivity contribution in [3.05, 3.63) is 35.2 Å². The Hall–Kier alpha value is -1.43. The largest absolute Gasteiger partial charge is 0.351 e. The minimum absolute atomic E-state index is 0.0567. The van der Waals surface area contributed by atoms with Gasteiger partial charge in [-0.1, -0.05) is 18.2 Å². The summed E-state index contributed by atoms with van der Waals surface area (Å²) in [7, 11) is 4.25. The fourth-order valence-electron chi connectivity index (χ4n) is 2.34. The number of rotatable bonds is 5. The summed E-state index contributed by atoms with van der Waals surface area (Å²) in [6.07, 6.45) is 1.01. The third kappa shape index (κ3) is 3.10. The quantitative estimate of drug-likeness (QED) is 0.696. The first-order chi connectivity index (χ1) is 10.1. The highest BCUT2D eigenvalue weighted by Gasteiger charge is 2.13. The van der Waals surface area contributed by atoms with E-state index in [1.807, 2.05) is 6.07 Å². The van der Waals surface area contributed by atoms with Crippen LogP contribution in [-0.4, -0.2) is 33.1 Å². The molecule has 0 aliphatic carbocycles. The van der Waals surface area contributed by atoms with E-state index in [9.17, 15) is 4.79 Å². The molecule has 21 heavy (non-hydrogen) atoms. The zero-order valence-corrected chi connectivity index (χ0v) is 13.9. The number of fused-ring (bicyclic) bond motifs is 3.